The summed E-state index contributed by atoms with van der Waals surface area (Å²) in [6.45, 7) is 6.44. The molecule has 0 amide bonds. The number of hydrogen-bond donors (Lipinski definition) is 2. The van der Waals surface area contributed by atoms with E-state index in [1.165, 1.54) is 0 Å². The van der Waals surface area contributed by atoms with Gasteiger partial charge in [0.15, 0.2) is 5.96 Å². The highest BCUT2D eigenvalue weighted by Gasteiger charge is 2.21. The van der Waals surface area contributed by atoms with Gasteiger partial charge >= 0.3 is 0 Å². The molecule has 1 aromatic rings. The number of nitrogens with zero attached hydrogens (tertiary/aromatic N) is 2. The number of fused-ring (bicyclic) bond motifs is 1. The van der Waals surface area contributed by atoms with Crippen molar-refractivity contribution in [3.05, 3.63) is 29.8 Å². The third-order valence-corrected chi connectivity index (χ3v) is 4.55. The van der Waals surface area contributed by atoms with Crippen LogP contribution in [0.15, 0.2) is 29.3 Å². The van der Waals surface area contributed by atoms with Crippen molar-refractivity contribution in [2.24, 2.45) is 10.7 Å². The number of unbranched alkanes of at least 4 members (excludes halogenated alkanes) is 1. The average molecular weight is 332 g/mol. The van der Waals surface area contributed by atoms with E-state index in [2.05, 4.69) is 21.3 Å². The van der Waals surface area contributed by atoms with Crippen LogP contribution in [0.3, 0.4) is 0 Å². The molecule has 2 aliphatic rings. The van der Waals surface area contributed by atoms with Crippen molar-refractivity contribution in [2.45, 2.75) is 25.3 Å². The first-order chi connectivity index (χ1) is 11.8. The number of ether oxygens (including phenoxy) is 2. The molecule has 6 nitrogen and oxygen atoms in total. The van der Waals surface area contributed by atoms with Gasteiger partial charge in [0.05, 0.1) is 25.9 Å². The second-order valence-corrected chi connectivity index (χ2v) is 6.30. The molecule has 0 aliphatic carbocycles. The zero-order valence-electron chi connectivity index (χ0n) is 14.2. The van der Waals surface area contributed by atoms with E-state index in [9.17, 15) is 0 Å². The van der Waals surface area contributed by atoms with Crippen LogP contribution in [0, 0.1) is 0 Å². The molecule has 6 heteroatoms. The SMILES string of the molecule is NC(=NCCCCN1CCOCC1)NC1CCOc2ccccc21. The fourth-order valence-corrected chi connectivity index (χ4v) is 3.19. The first kappa shape index (κ1) is 17.0. The van der Waals surface area contributed by atoms with Crippen molar-refractivity contribution < 1.29 is 9.47 Å². The predicted octanol–water partition coefficient (Wildman–Crippen LogP) is 1.53. The van der Waals surface area contributed by atoms with Gasteiger partial charge in [0.1, 0.15) is 5.75 Å². The number of nitrogens with one attached hydrogen (secondary N) is 1. The van der Waals surface area contributed by atoms with E-state index in [1.54, 1.807) is 0 Å². The van der Waals surface area contributed by atoms with E-state index < -0.39 is 0 Å². The zero-order chi connectivity index (χ0) is 16.6. The molecule has 132 valence electrons. The second kappa shape index (κ2) is 8.89. The number of hydrogen-bond acceptors (Lipinski definition) is 4. The van der Waals surface area contributed by atoms with Gasteiger partial charge < -0.3 is 20.5 Å². The van der Waals surface area contributed by atoms with Crippen molar-refractivity contribution in [3.63, 3.8) is 0 Å². The summed E-state index contributed by atoms with van der Waals surface area (Å²) in [6, 6.07) is 8.30. The summed E-state index contributed by atoms with van der Waals surface area (Å²) in [5, 5.41) is 3.34. The minimum Gasteiger partial charge on any atom is -0.493 e. The fraction of sp³-hybridized carbons (Fsp3) is 0.611. The van der Waals surface area contributed by atoms with Crippen LogP contribution >= 0.6 is 0 Å². The molecule has 0 aromatic heterocycles. The number of rotatable bonds is 6. The zero-order valence-corrected chi connectivity index (χ0v) is 14.2. The van der Waals surface area contributed by atoms with Gasteiger partial charge in [0.2, 0.25) is 0 Å². The minimum atomic E-state index is 0.187. The highest BCUT2D eigenvalue weighted by atomic mass is 16.5. The Balaban J connectivity index is 1.39. The van der Waals surface area contributed by atoms with E-state index in [1.807, 2.05) is 18.2 Å². The van der Waals surface area contributed by atoms with Gasteiger partial charge in [0.25, 0.3) is 0 Å². The van der Waals surface area contributed by atoms with Gasteiger partial charge in [-0.25, -0.2) is 0 Å². The molecule has 24 heavy (non-hydrogen) atoms. The summed E-state index contributed by atoms with van der Waals surface area (Å²) in [5.74, 6) is 1.47. The molecule has 2 aliphatic heterocycles. The fourth-order valence-electron chi connectivity index (χ4n) is 3.19. The molecular formula is C18H28N4O2. The third-order valence-electron chi connectivity index (χ3n) is 4.55. The van der Waals surface area contributed by atoms with Crippen molar-refractivity contribution >= 4 is 5.96 Å². The topological polar surface area (TPSA) is 72.1 Å². The van der Waals surface area contributed by atoms with Gasteiger partial charge in [-0.3, -0.25) is 9.89 Å². The lowest BCUT2D eigenvalue weighted by atomic mass is 10.0. The lowest BCUT2D eigenvalue weighted by Crippen LogP contribution is -2.37. The average Bonchev–Trinajstić information content (AvgIpc) is 2.63. The molecule has 0 radical (unpaired) electrons. The van der Waals surface area contributed by atoms with Crippen molar-refractivity contribution in [3.8, 4) is 5.75 Å². The van der Waals surface area contributed by atoms with Gasteiger partial charge in [-0.1, -0.05) is 18.2 Å². The Labute approximate surface area is 144 Å². The smallest absolute Gasteiger partial charge is 0.189 e. The van der Waals surface area contributed by atoms with Gasteiger partial charge in [-0.05, 0) is 25.5 Å². The quantitative estimate of drug-likeness (QED) is 0.469. The molecule has 0 bridgehead atoms. The molecule has 3 N–H and O–H groups in total. The number of guanidine groups is 1. The van der Waals surface area contributed by atoms with Crippen LogP contribution in [-0.4, -0.2) is 56.9 Å². The van der Waals surface area contributed by atoms with E-state index in [-0.39, 0.29) is 6.04 Å². The molecule has 2 heterocycles. The van der Waals surface area contributed by atoms with Crippen LogP contribution in [0.25, 0.3) is 0 Å². The Morgan fingerprint density at radius 1 is 1.21 bits per heavy atom. The summed E-state index contributed by atoms with van der Waals surface area (Å²) < 4.78 is 11.0. The van der Waals surface area contributed by atoms with E-state index >= 15 is 0 Å². The third kappa shape index (κ3) is 4.85. The van der Waals surface area contributed by atoms with Gasteiger partial charge in [-0.2, -0.15) is 0 Å². The van der Waals surface area contributed by atoms with E-state index in [0.717, 1.165) is 70.0 Å². The Morgan fingerprint density at radius 2 is 2.04 bits per heavy atom. The Bertz CT molecular complexity index is 544. The Morgan fingerprint density at radius 3 is 2.92 bits per heavy atom. The maximum atomic E-state index is 6.06. The van der Waals surface area contributed by atoms with Gasteiger partial charge in [0, 0.05) is 31.6 Å². The van der Waals surface area contributed by atoms with Crippen LogP contribution in [0.5, 0.6) is 5.75 Å². The lowest BCUT2D eigenvalue weighted by Gasteiger charge is -2.27. The first-order valence-corrected chi connectivity index (χ1v) is 8.91. The molecule has 0 saturated carbocycles. The second-order valence-electron chi connectivity index (χ2n) is 6.30. The van der Waals surface area contributed by atoms with Crippen LogP contribution in [0.1, 0.15) is 30.9 Å². The largest absolute Gasteiger partial charge is 0.493 e. The molecule has 1 unspecified atom stereocenters. The molecule has 3 rings (SSSR count). The highest BCUT2D eigenvalue weighted by Crippen LogP contribution is 2.31. The van der Waals surface area contributed by atoms with Crippen molar-refractivity contribution in [1.82, 2.24) is 10.2 Å². The lowest BCUT2D eigenvalue weighted by molar-refractivity contribution is 0.0373. The van der Waals surface area contributed by atoms with Gasteiger partial charge in [-0.15, -0.1) is 0 Å². The normalized spacial score (nSPS) is 21.8. The molecule has 1 atom stereocenters. The standard InChI is InChI=1S/C18H28N4O2/c19-18(20-8-3-4-9-22-10-13-23-14-11-22)21-16-7-12-24-17-6-2-1-5-15(16)17/h1-2,5-6,16H,3-4,7-14H2,(H3,19,20,21). The first-order valence-electron chi connectivity index (χ1n) is 8.91. The summed E-state index contributed by atoms with van der Waals surface area (Å²) in [4.78, 5) is 6.93. The number of aliphatic imine (C=N–C) groups is 1. The molecular weight excluding hydrogens is 304 g/mol. The van der Waals surface area contributed by atoms with Crippen LogP contribution < -0.4 is 15.8 Å². The monoisotopic (exact) mass is 332 g/mol. The van der Waals surface area contributed by atoms with E-state index in [0.29, 0.717) is 12.6 Å². The Kier molecular flexibility index (Phi) is 6.32. The summed E-state index contributed by atoms with van der Waals surface area (Å²) >= 11 is 0. The van der Waals surface area contributed by atoms with Crippen LogP contribution in [-0.2, 0) is 4.74 Å². The van der Waals surface area contributed by atoms with Crippen molar-refractivity contribution in [2.75, 3.05) is 46.0 Å². The van der Waals surface area contributed by atoms with Crippen molar-refractivity contribution in [1.29, 1.82) is 0 Å². The minimum absolute atomic E-state index is 0.187. The maximum Gasteiger partial charge on any atom is 0.189 e. The van der Waals surface area contributed by atoms with Crippen LogP contribution in [0.2, 0.25) is 0 Å². The summed E-state index contributed by atoms with van der Waals surface area (Å²) in [7, 11) is 0. The number of nitrogens with two attached hydrogens (primary N) is 1. The summed E-state index contributed by atoms with van der Waals surface area (Å²) in [6.07, 6.45) is 3.12. The summed E-state index contributed by atoms with van der Waals surface area (Å²) in [5.41, 5.74) is 7.22. The highest BCUT2D eigenvalue weighted by molar-refractivity contribution is 5.78. The van der Waals surface area contributed by atoms with Crippen LogP contribution in [0.4, 0.5) is 0 Å². The number of morpholine rings is 1. The molecule has 1 saturated heterocycles. The maximum absolute atomic E-state index is 6.06. The number of benzene rings is 1. The number of para-hydroxylation sites is 1. The molecule has 0 spiro atoms. The molecule has 1 fully saturated rings. The Hall–Kier alpha value is -1.79. The van der Waals surface area contributed by atoms with E-state index in [4.69, 9.17) is 15.2 Å². The predicted molar refractivity (Wildman–Crippen MR) is 95.4 cm³/mol. The molecule has 1 aromatic carbocycles.